The summed E-state index contributed by atoms with van der Waals surface area (Å²) in [6, 6.07) is 16.0. The molecule has 5 heteroatoms. The fraction of sp³-hybridized carbons (Fsp3) is 0.0435. The number of furan rings is 1. The molecule has 0 fully saturated rings. The Bertz CT molecular complexity index is 1090. The van der Waals surface area contributed by atoms with Crippen LogP contribution in [0.4, 0.5) is 0 Å². The molecule has 0 atom stereocenters. The molecule has 2 aromatic carbocycles. The van der Waals surface area contributed by atoms with Crippen LogP contribution in [0.15, 0.2) is 83.2 Å². The van der Waals surface area contributed by atoms with Crippen molar-refractivity contribution < 1.29 is 23.5 Å². The number of fused-ring (bicyclic) bond motifs is 1. The number of esters is 1. The molecule has 0 unspecified atom stereocenters. The van der Waals surface area contributed by atoms with Crippen molar-refractivity contribution in [2.24, 2.45) is 0 Å². The second-order valence-electron chi connectivity index (χ2n) is 6.16. The lowest BCUT2D eigenvalue weighted by Gasteiger charge is -2.09. The Balaban J connectivity index is 1.55. The zero-order chi connectivity index (χ0) is 19.5. The Morgan fingerprint density at radius 3 is 2.61 bits per heavy atom. The van der Waals surface area contributed by atoms with Crippen LogP contribution in [0, 0.1) is 6.92 Å². The van der Waals surface area contributed by atoms with Crippen molar-refractivity contribution in [2.75, 3.05) is 0 Å². The van der Waals surface area contributed by atoms with E-state index >= 15 is 0 Å². The molecule has 0 bridgehead atoms. The minimum Gasteiger partial charge on any atom is -0.457 e. The predicted octanol–water partition coefficient (Wildman–Crippen LogP) is 4.98. The van der Waals surface area contributed by atoms with Gasteiger partial charge in [-0.2, -0.15) is 0 Å². The monoisotopic (exact) mass is 372 g/mol. The Labute approximate surface area is 161 Å². The van der Waals surface area contributed by atoms with E-state index in [9.17, 15) is 9.59 Å². The summed E-state index contributed by atoms with van der Waals surface area (Å²) < 4.78 is 16.2. The van der Waals surface area contributed by atoms with Gasteiger partial charge in [-0.05, 0) is 42.8 Å². The molecule has 1 aliphatic rings. The molecule has 0 spiro atoms. The number of allylic oxidation sites excluding steroid dienone is 3. The Morgan fingerprint density at radius 2 is 1.86 bits per heavy atom. The van der Waals surface area contributed by atoms with Gasteiger partial charge in [0.2, 0.25) is 11.5 Å². The summed E-state index contributed by atoms with van der Waals surface area (Å²) in [6.45, 7) is 1.74. The van der Waals surface area contributed by atoms with E-state index in [1.807, 2.05) is 36.4 Å². The van der Waals surface area contributed by atoms with E-state index in [1.54, 1.807) is 37.3 Å². The van der Waals surface area contributed by atoms with Gasteiger partial charge in [0.1, 0.15) is 11.5 Å². The van der Waals surface area contributed by atoms with Crippen molar-refractivity contribution >= 4 is 17.8 Å². The van der Waals surface area contributed by atoms with Crippen LogP contribution in [0.2, 0.25) is 0 Å². The molecular weight excluding hydrogens is 356 g/mol. The van der Waals surface area contributed by atoms with E-state index in [1.165, 1.54) is 12.3 Å². The minimum absolute atomic E-state index is 0.100. The first kappa shape index (κ1) is 17.5. The maximum absolute atomic E-state index is 12.6. The van der Waals surface area contributed by atoms with E-state index in [2.05, 4.69) is 0 Å². The van der Waals surface area contributed by atoms with Crippen LogP contribution in [-0.2, 0) is 0 Å². The number of ether oxygens (including phenoxy) is 2. The van der Waals surface area contributed by atoms with E-state index in [-0.39, 0.29) is 17.3 Å². The highest BCUT2D eigenvalue weighted by molar-refractivity contribution is 6.13. The maximum atomic E-state index is 12.6. The highest BCUT2D eigenvalue weighted by atomic mass is 16.5. The molecule has 138 valence electrons. The Morgan fingerprint density at radius 1 is 1.04 bits per heavy atom. The summed E-state index contributed by atoms with van der Waals surface area (Å²) in [5.41, 5.74) is 2.03. The molecule has 1 aromatic heterocycles. The predicted molar refractivity (Wildman–Crippen MR) is 103 cm³/mol. The molecule has 5 nitrogen and oxygen atoms in total. The van der Waals surface area contributed by atoms with Gasteiger partial charge in [0.05, 0.1) is 11.8 Å². The van der Waals surface area contributed by atoms with Crippen LogP contribution in [0.5, 0.6) is 11.5 Å². The van der Waals surface area contributed by atoms with Gasteiger partial charge in [-0.3, -0.25) is 4.79 Å². The number of carbonyl (C=O) groups excluding carboxylic acids is 2. The van der Waals surface area contributed by atoms with Crippen LogP contribution in [0.3, 0.4) is 0 Å². The van der Waals surface area contributed by atoms with Gasteiger partial charge in [-0.25, -0.2) is 4.79 Å². The van der Waals surface area contributed by atoms with Gasteiger partial charge in [-0.1, -0.05) is 42.5 Å². The second-order valence-corrected chi connectivity index (χ2v) is 6.16. The first-order valence-electron chi connectivity index (χ1n) is 8.69. The molecule has 3 aromatic rings. The third-order valence-electron chi connectivity index (χ3n) is 4.30. The molecule has 4 rings (SSSR count). The van der Waals surface area contributed by atoms with Crippen LogP contribution >= 0.6 is 0 Å². The highest BCUT2D eigenvalue weighted by Gasteiger charge is 2.30. The van der Waals surface area contributed by atoms with Crippen molar-refractivity contribution in [3.63, 3.8) is 0 Å². The number of hydrogen-bond acceptors (Lipinski definition) is 5. The van der Waals surface area contributed by atoms with Gasteiger partial charge in [0.15, 0.2) is 5.76 Å². The molecule has 0 saturated heterocycles. The summed E-state index contributed by atoms with van der Waals surface area (Å²) in [6.07, 6.45) is 6.68. The first-order chi connectivity index (χ1) is 13.6. The van der Waals surface area contributed by atoms with E-state index in [0.29, 0.717) is 22.6 Å². The standard InChI is InChI=1S/C23H16O5/c1-15-18(28-23(25)20-11-6-14-26-20)13-12-17-21(24)19(27-22(15)17)10-5-9-16-7-3-2-4-8-16/h2-14H,1H3/b9-5+,19-10-. The van der Waals surface area contributed by atoms with Gasteiger partial charge in [0, 0.05) is 5.56 Å². The molecule has 28 heavy (non-hydrogen) atoms. The van der Waals surface area contributed by atoms with Gasteiger partial charge < -0.3 is 13.9 Å². The molecular formula is C23H16O5. The molecule has 1 aliphatic heterocycles. The second kappa shape index (κ2) is 7.40. The minimum atomic E-state index is -0.612. The topological polar surface area (TPSA) is 65.7 Å². The Hall–Kier alpha value is -3.86. The fourth-order valence-corrected chi connectivity index (χ4v) is 2.85. The number of hydrogen-bond donors (Lipinski definition) is 0. The van der Waals surface area contributed by atoms with Gasteiger partial charge in [0.25, 0.3) is 0 Å². The number of Topliss-reactive ketones (excluding diaryl/α,β-unsaturated/α-hetero) is 1. The average Bonchev–Trinajstić information content (AvgIpc) is 3.35. The van der Waals surface area contributed by atoms with E-state index in [4.69, 9.17) is 13.9 Å². The first-order valence-corrected chi connectivity index (χ1v) is 8.69. The van der Waals surface area contributed by atoms with E-state index < -0.39 is 5.97 Å². The molecule has 0 radical (unpaired) electrons. The van der Waals surface area contributed by atoms with E-state index in [0.717, 1.165) is 5.56 Å². The SMILES string of the molecule is Cc1c(OC(=O)c2ccco2)ccc2c1O/C(=C\C=C\c1ccccc1)C2=O. The fourth-order valence-electron chi connectivity index (χ4n) is 2.85. The van der Waals surface area contributed by atoms with Crippen LogP contribution in [-0.4, -0.2) is 11.8 Å². The summed E-state index contributed by atoms with van der Waals surface area (Å²) in [5, 5.41) is 0. The zero-order valence-corrected chi connectivity index (χ0v) is 15.0. The van der Waals surface area contributed by atoms with Gasteiger partial charge >= 0.3 is 5.97 Å². The lowest BCUT2D eigenvalue weighted by Crippen LogP contribution is -2.08. The normalized spacial score (nSPS) is 14.3. The largest absolute Gasteiger partial charge is 0.457 e. The van der Waals surface area contributed by atoms with Crippen LogP contribution in [0.25, 0.3) is 6.08 Å². The van der Waals surface area contributed by atoms with Crippen LogP contribution < -0.4 is 9.47 Å². The van der Waals surface area contributed by atoms with Crippen molar-refractivity contribution in [1.29, 1.82) is 0 Å². The third kappa shape index (κ3) is 3.38. The van der Waals surface area contributed by atoms with Crippen molar-refractivity contribution in [3.8, 4) is 11.5 Å². The molecule has 0 aliphatic carbocycles. The summed E-state index contributed by atoms with van der Waals surface area (Å²) in [7, 11) is 0. The summed E-state index contributed by atoms with van der Waals surface area (Å²) >= 11 is 0. The third-order valence-corrected chi connectivity index (χ3v) is 4.30. The lowest BCUT2D eigenvalue weighted by molar-refractivity contribution is 0.0700. The summed E-state index contributed by atoms with van der Waals surface area (Å²) in [4.78, 5) is 24.6. The Kier molecular flexibility index (Phi) is 4.64. The highest BCUT2D eigenvalue weighted by Crippen LogP contribution is 2.39. The van der Waals surface area contributed by atoms with Crippen molar-refractivity contribution in [2.45, 2.75) is 6.92 Å². The summed E-state index contributed by atoms with van der Waals surface area (Å²) in [5.74, 6) is 0.213. The smallest absolute Gasteiger partial charge is 0.379 e. The quantitative estimate of drug-likeness (QED) is 0.367. The molecule has 2 heterocycles. The maximum Gasteiger partial charge on any atom is 0.379 e. The van der Waals surface area contributed by atoms with Gasteiger partial charge in [-0.15, -0.1) is 0 Å². The number of ketones is 1. The number of rotatable bonds is 4. The number of benzene rings is 2. The number of carbonyl (C=O) groups is 2. The van der Waals surface area contributed by atoms with Crippen molar-refractivity contribution in [3.05, 3.63) is 101 Å². The molecule has 0 saturated carbocycles. The zero-order valence-electron chi connectivity index (χ0n) is 15.0. The average molecular weight is 372 g/mol. The van der Waals surface area contributed by atoms with Crippen molar-refractivity contribution in [1.82, 2.24) is 0 Å². The lowest BCUT2D eigenvalue weighted by atomic mass is 10.1. The molecule has 0 N–H and O–H groups in total. The molecule has 0 amide bonds. The van der Waals surface area contributed by atoms with Crippen LogP contribution in [0.1, 0.15) is 32.0 Å².